The van der Waals surface area contributed by atoms with E-state index in [2.05, 4.69) is 45.1 Å². The van der Waals surface area contributed by atoms with Crippen LogP contribution in [0.1, 0.15) is 38.3 Å². The second kappa shape index (κ2) is 8.53. The maximum atomic E-state index is 11.7. The molecule has 0 aliphatic carbocycles. The molecule has 0 bridgehead atoms. The smallest absolute Gasteiger partial charge is 0.321 e. The highest BCUT2D eigenvalue weighted by Gasteiger charge is 2.14. The number of hydrogen-bond donors (Lipinski definition) is 3. The number of anilines is 1. The number of benzene rings is 1. The summed E-state index contributed by atoms with van der Waals surface area (Å²) in [5, 5.41) is 7.97. The van der Waals surface area contributed by atoms with Gasteiger partial charge in [0.1, 0.15) is 0 Å². The van der Waals surface area contributed by atoms with Crippen molar-refractivity contribution in [1.29, 1.82) is 0 Å². The number of carbonyl (C=O) groups excluding carboxylic acids is 2. The van der Waals surface area contributed by atoms with E-state index < -0.39 is 6.03 Å². The molecule has 1 aliphatic rings. The third-order valence-corrected chi connectivity index (χ3v) is 4.00. The monoisotopic (exact) mass is 318 g/mol. The lowest BCUT2D eigenvalue weighted by Gasteiger charge is -2.20. The molecule has 0 spiro atoms. The van der Waals surface area contributed by atoms with Crippen molar-refractivity contribution < 1.29 is 9.59 Å². The Hall–Kier alpha value is -2.08. The summed E-state index contributed by atoms with van der Waals surface area (Å²) in [6, 6.07) is 7.99. The maximum Gasteiger partial charge on any atom is 0.321 e. The van der Waals surface area contributed by atoms with E-state index in [1.54, 1.807) is 6.92 Å². The standard InChI is InChI=1S/C17H26N4O2/c1-3-18-17(23)20-16(22)12-19-13(2)14-7-6-8-15(11-14)21-9-4-5-10-21/h6-8,11,13,19H,3-5,9-10,12H2,1-2H3,(H2,18,20,22,23). The van der Waals surface area contributed by atoms with Gasteiger partial charge in [-0.25, -0.2) is 4.79 Å². The first-order valence-corrected chi connectivity index (χ1v) is 8.26. The molecular formula is C17H26N4O2. The summed E-state index contributed by atoms with van der Waals surface area (Å²) in [5.41, 5.74) is 2.38. The van der Waals surface area contributed by atoms with Gasteiger partial charge < -0.3 is 15.5 Å². The minimum atomic E-state index is -0.456. The highest BCUT2D eigenvalue weighted by molar-refractivity contribution is 5.95. The van der Waals surface area contributed by atoms with E-state index in [0.29, 0.717) is 6.54 Å². The van der Waals surface area contributed by atoms with Crippen molar-refractivity contribution in [2.24, 2.45) is 0 Å². The van der Waals surface area contributed by atoms with Gasteiger partial charge in [-0.3, -0.25) is 10.1 Å². The lowest BCUT2D eigenvalue weighted by molar-refractivity contribution is -0.119. The number of rotatable bonds is 6. The molecule has 2 rings (SSSR count). The first-order valence-electron chi connectivity index (χ1n) is 8.26. The Bertz CT molecular complexity index is 541. The van der Waals surface area contributed by atoms with E-state index in [1.165, 1.54) is 18.5 Å². The van der Waals surface area contributed by atoms with Crippen LogP contribution in [0, 0.1) is 0 Å². The van der Waals surface area contributed by atoms with Crippen molar-refractivity contribution in [2.75, 3.05) is 31.1 Å². The number of nitrogens with zero attached hydrogens (tertiary/aromatic N) is 1. The summed E-state index contributed by atoms with van der Waals surface area (Å²) in [5.74, 6) is -0.335. The zero-order valence-electron chi connectivity index (χ0n) is 13.9. The fourth-order valence-corrected chi connectivity index (χ4v) is 2.71. The molecule has 23 heavy (non-hydrogen) atoms. The van der Waals surface area contributed by atoms with E-state index in [-0.39, 0.29) is 18.5 Å². The van der Waals surface area contributed by atoms with E-state index in [1.807, 2.05) is 6.92 Å². The van der Waals surface area contributed by atoms with Gasteiger partial charge in [-0.1, -0.05) is 12.1 Å². The van der Waals surface area contributed by atoms with Gasteiger partial charge in [0.15, 0.2) is 0 Å². The molecule has 0 saturated carbocycles. The Labute approximate surface area is 137 Å². The van der Waals surface area contributed by atoms with Crippen LogP contribution in [0.4, 0.5) is 10.5 Å². The van der Waals surface area contributed by atoms with Gasteiger partial charge in [0.2, 0.25) is 5.91 Å². The van der Waals surface area contributed by atoms with Crippen molar-refractivity contribution in [1.82, 2.24) is 16.0 Å². The predicted molar refractivity (Wildman–Crippen MR) is 91.5 cm³/mol. The largest absolute Gasteiger partial charge is 0.372 e. The van der Waals surface area contributed by atoms with Crippen molar-refractivity contribution >= 4 is 17.6 Å². The Kier molecular flexibility index (Phi) is 6.40. The molecule has 3 N–H and O–H groups in total. The molecule has 6 nitrogen and oxygen atoms in total. The van der Waals surface area contributed by atoms with E-state index in [0.717, 1.165) is 18.7 Å². The number of hydrogen-bond acceptors (Lipinski definition) is 4. The Morgan fingerprint density at radius 3 is 2.70 bits per heavy atom. The van der Waals surface area contributed by atoms with Crippen molar-refractivity contribution in [3.63, 3.8) is 0 Å². The summed E-state index contributed by atoms with van der Waals surface area (Å²) in [4.78, 5) is 25.4. The van der Waals surface area contributed by atoms with Crippen LogP contribution >= 0.6 is 0 Å². The van der Waals surface area contributed by atoms with Gasteiger partial charge in [-0.05, 0) is 44.4 Å². The second-order valence-corrected chi connectivity index (χ2v) is 5.80. The SMILES string of the molecule is CCNC(=O)NC(=O)CNC(C)c1cccc(N2CCCC2)c1. The summed E-state index contributed by atoms with van der Waals surface area (Å²) in [7, 11) is 0. The summed E-state index contributed by atoms with van der Waals surface area (Å²) in [6.07, 6.45) is 2.50. The van der Waals surface area contributed by atoms with Gasteiger partial charge in [-0.2, -0.15) is 0 Å². The summed E-state index contributed by atoms with van der Waals surface area (Å²) in [6.45, 7) is 6.64. The van der Waals surface area contributed by atoms with Gasteiger partial charge >= 0.3 is 6.03 Å². The molecule has 1 aromatic rings. The van der Waals surface area contributed by atoms with Crippen molar-refractivity contribution in [3.05, 3.63) is 29.8 Å². The van der Waals surface area contributed by atoms with E-state index >= 15 is 0 Å². The molecule has 1 atom stereocenters. The molecular weight excluding hydrogens is 292 g/mol. The predicted octanol–water partition coefficient (Wildman–Crippen LogP) is 1.78. The summed E-state index contributed by atoms with van der Waals surface area (Å²) < 4.78 is 0. The molecule has 0 aromatic heterocycles. The minimum absolute atomic E-state index is 0.0394. The van der Waals surface area contributed by atoms with E-state index in [4.69, 9.17) is 0 Å². The highest BCUT2D eigenvalue weighted by Crippen LogP contribution is 2.23. The van der Waals surface area contributed by atoms with Crippen LogP contribution < -0.4 is 20.9 Å². The Morgan fingerprint density at radius 2 is 2.00 bits per heavy atom. The van der Waals surface area contributed by atoms with E-state index in [9.17, 15) is 9.59 Å². The van der Waals surface area contributed by atoms with Crippen LogP contribution in [0.15, 0.2) is 24.3 Å². The second-order valence-electron chi connectivity index (χ2n) is 5.80. The quantitative estimate of drug-likeness (QED) is 0.747. The third kappa shape index (κ3) is 5.25. The zero-order chi connectivity index (χ0) is 16.7. The maximum absolute atomic E-state index is 11.7. The van der Waals surface area contributed by atoms with Crippen LogP contribution in [0.25, 0.3) is 0 Å². The Morgan fingerprint density at radius 1 is 1.26 bits per heavy atom. The zero-order valence-corrected chi connectivity index (χ0v) is 13.9. The van der Waals surface area contributed by atoms with Gasteiger partial charge in [-0.15, -0.1) is 0 Å². The van der Waals surface area contributed by atoms with Crippen LogP contribution in [0.3, 0.4) is 0 Å². The molecule has 1 heterocycles. The molecule has 3 amide bonds. The molecule has 1 aromatic carbocycles. The number of nitrogens with one attached hydrogen (secondary N) is 3. The van der Waals surface area contributed by atoms with Crippen LogP contribution in [0.2, 0.25) is 0 Å². The van der Waals surface area contributed by atoms with Gasteiger partial charge in [0.25, 0.3) is 0 Å². The van der Waals surface area contributed by atoms with Crippen molar-refractivity contribution in [3.8, 4) is 0 Å². The van der Waals surface area contributed by atoms with Crippen LogP contribution in [0.5, 0.6) is 0 Å². The van der Waals surface area contributed by atoms with Gasteiger partial charge in [0, 0.05) is 31.4 Å². The molecule has 1 aliphatic heterocycles. The number of amides is 3. The lowest BCUT2D eigenvalue weighted by Crippen LogP contribution is -2.43. The topological polar surface area (TPSA) is 73.5 Å². The molecule has 1 saturated heterocycles. The highest BCUT2D eigenvalue weighted by atomic mass is 16.2. The normalized spacial score (nSPS) is 15.3. The first-order chi connectivity index (χ1) is 11.1. The number of imide groups is 1. The molecule has 1 fully saturated rings. The van der Waals surface area contributed by atoms with Crippen molar-refractivity contribution in [2.45, 2.75) is 32.7 Å². The number of urea groups is 1. The Balaban J connectivity index is 1.85. The lowest BCUT2D eigenvalue weighted by atomic mass is 10.1. The van der Waals surface area contributed by atoms with Gasteiger partial charge in [0.05, 0.1) is 6.54 Å². The average Bonchev–Trinajstić information content (AvgIpc) is 3.07. The van der Waals surface area contributed by atoms with Crippen LogP contribution in [-0.4, -0.2) is 38.1 Å². The molecule has 1 unspecified atom stereocenters. The molecule has 126 valence electrons. The molecule has 6 heteroatoms. The first kappa shape index (κ1) is 17.3. The number of carbonyl (C=O) groups is 2. The van der Waals surface area contributed by atoms with Crippen LogP contribution in [-0.2, 0) is 4.79 Å². The molecule has 0 radical (unpaired) electrons. The third-order valence-electron chi connectivity index (χ3n) is 4.00. The average molecular weight is 318 g/mol. The minimum Gasteiger partial charge on any atom is -0.372 e. The fraction of sp³-hybridized carbons (Fsp3) is 0.529. The fourth-order valence-electron chi connectivity index (χ4n) is 2.71. The summed E-state index contributed by atoms with van der Waals surface area (Å²) >= 11 is 0.